The zero-order valence-corrected chi connectivity index (χ0v) is 10.1. The summed E-state index contributed by atoms with van der Waals surface area (Å²) in [7, 11) is 1.39. The predicted octanol–water partition coefficient (Wildman–Crippen LogP) is -0.665. The van der Waals surface area contributed by atoms with Gasteiger partial charge in [0.05, 0.1) is 5.37 Å². The van der Waals surface area contributed by atoms with Crippen LogP contribution in [-0.2, 0) is 14.3 Å². The third-order valence-electron chi connectivity index (χ3n) is 2.54. The summed E-state index contributed by atoms with van der Waals surface area (Å²) in [4.78, 5) is 24.3. The monoisotopic (exact) mass is 248 g/mol. The van der Waals surface area contributed by atoms with Crippen LogP contribution < -0.4 is 5.73 Å². The summed E-state index contributed by atoms with van der Waals surface area (Å²) in [6.45, 7) is 1.85. The third-order valence-corrected chi connectivity index (χ3v) is 3.75. The molecular weight excluding hydrogens is 232 g/mol. The van der Waals surface area contributed by atoms with Gasteiger partial charge in [-0.2, -0.15) is 0 Å². The maximum absolute atomic E-state index is 12.0. The molecular formula is C9H16N2O4S. The SMILES string of the molecule is COC(CN)C(=O)N1C(C)SCC1C(=O)O. The minimum Gasteiger partial charge on any atom is -0.480 e. The van der Waals surface area contributed by atoms with E-state index in [1.807, 2.05) is 0 Å². The predicted molar refractivity (Wildman–Crippen MR) is 60.0 cm³/mol. The van der Waals surface area contributed by atoms with Crippen LogP contribution in [-0.4, -0.2) is 58.8 Å². The molecule has 0 radical (unpaired) electrons. The van der Waals surface area contributed by atoms with Crippen LogP contribution in [0.25, 0.3) is 0 Å². The van der Waals surface area contributed by atoms with Gasteiger partial charge in [-0.1, -0.05) is 0 Å². The van der Waals surface area contributed by atoms with E-state index in [4.69, 9.17) is 15.6 Å². The van der Waals surface area contributed by atoms with E-state index in [0.29, 0.717) is 5.75 Å². The van der Waals surface area contributed by atoms with Crippen molar-refractivity contribution in [3.8, 4) is 0 Å². The van der Waals surface area contributed by atoms with Crippen molar-refractivity contribution in [2.45, 2.75) is 24.4 Å². The Morgan fingerprint density at radius 1 is 1.69 bits per heavy atom. The molecule has 0 spiro atoms. The maximum atomic E-state index is 12.0. The van der Waals surface area contributed by atoms with E-state index in [9.17, 15) is 9.59 Å². The van der Waals surface area contributed by atoms with Gasteiger partial charge in [0.15, 0.2) is 0 Å². The molecule has 0 aliphatic carbocycles. The summed E-state index contributed by atoms with van der Waals surface area (Å²) in [6, 6.07) is -0.781. The first-order valence-corrected chi connectivity index (χ1v) is 5.97. The van der Waals surface area contributed by atoms with Gasteiger partial charge in [-0.25, -0.2) is 4.79 Å². The highest BCUT2D eigenvalue weighted by molar-refractivity contribution is 8.00. The second-order valence-corrected chi connectivity index (χ2v) is 4.84. The molecule has 0 aromatic heterocycles. The topological polar surface area (TPSA) is 92.9 Å². The van der Waals surface area contributed by atoms with E-state index in [-0.39, 0.29) is 17.8 Å². The first-order valence-electron chi connectivity index (χ1n) is 4.92. The molecule has 0 aromatic carbocycles. The molecule has 1 fully saturated rings. The molecule has 6 nitrogen and oxygen atoms in total. The van der Waals surface area contributed by atoms with Crippen LogP contribution in [0.4, 0.5) is 0 Å². The zero-order valence-electron chi connectivity index (χ0n) is 9.25. The molecule has 1 rings (SSSR count). The molecule has 1 aliphatic rings. The molecule has 7 heteroatoms. The lowest BCUT2D eigenvalue weighted by atomic mass is 10.2. The fraction of sp³-hybridized carbons (Fsp3) is 0.778. The lowest BCUT2D eigenvalue weighted by molar-refractivity contribution is -0.153. The Morgan fingerprint density at radius 3 is 2.75 bits per heavy atom. The van der Waals surface area contributed by atoms with Crippen molar-refractivity contribution >= 4 is 23.6 Å². The highest BCUT2D eigenvalue weighted by atomic mass is 32.2. The van der Waals surface area contributed by atoms with E-state index in [1.165, 1.54) is 23.8 Å². The fourth-order valence-electron chi connectivity index (χ4n) is 1.63. The van der Waals surface area contributed by atoms with Crippen molar-refractivity contribution in [3.05, 3.63) is 0 Å². The van der Waals surface area contributed by atoms with Gasteiger partial charge in [0.25, 0.3) is 5.91 Å². The molecule has 1 aliphatic heterocycles. The Bertz CT molecular complexity index is 283. The first-order chi connectivity index (χ1) is 7.52. The van der Waals surface area contributed by atoms with E-state index in [2.05, 4.69) is 0 Å². The molecule has 0 saturated carbocycles. The van der Waals surface area contributed by atoms with Crippen LogP contribution in [0.15, 0.2) is 0 Å². The van der Waals surface area contributed by atoms with Gasteiger partial charge in [-0.3, -0.25) is 4.79 Å². The second-order valence-electron chi connectivity index (χ2n) is 3.49. The average Bonchev–Trinajstić information content (AvgIpc) is 2.61. The summed E-state index contributed by atoms with van der Waals surface area (Å²) in [6.07, 6.45) is -0.761. The number of methoxy groups -OCH3 is 1. The van der Waals surface area contributed by atoms with Gasteiger partial charge in [0.1, 0.15) is 12.1 Å². The number of hydrogen-bond donors (Lipinski definition) is 2. The lowest BCUT2D eigenvalue weighted by Gasteiger charge is -2.28. The van der Waals surface area contributed by atoms with Gasteiger partial charge in [0, 0.05) is 19.4 Å². The molecule has 1 heterocycles. The molecule has 1 saturated heterocycles. The van der Waals surface area contributed by atoms with Gasteiger partial charge < -0.3 is 20.5 Å². The largest absolute Gasteiger partial charge is 0.480 e. The van der Waals surface area contributed by atoms with E-state index < -0.39 is 18.1 Å². The molecule has 16 heavy (non-hydrogen) atoms. The summed E-state index contributed by atoms with van der Waals surface area (Å²) in [5.74, 6) is -0.935. The Kier molecular flexibility index (Phi) is 4.57. The van der Waals surface area contributed by atoms with Crippen LogP contribution in [0.5, 0.6) is 0 Å². The van der Waals surface area contributed by atoms with Gasteiger partial charge >= 0.3 is 5.97 Å². The first kappa shape index (κ1) is 13.3. The Morgan fingerprint density at radius 2 is 2.31 bits per heavy atom. The quantitative estimate of drug-likeness (QED) is 0.685. The average molecular weight is 248 g/mol. The van der Waals surface area contributed by atoms with Crippen LogP contribution in [0.2, 0.25) is 0 Å². The van der Waals surface area contributed by atoms with Crippen LogP contribution in [0.3, 0.4) is 0 Å². The number of ether oxygens (including phenoxy) is 1. The Hall–Kier alpha value is -0.790. The highest BCUT2D eigenvalue weighted by Gasteiger charge is 2.41. The van der Waals surface area contributed by atoms with Crippen molar-refractivity contribution in [2.75, 3.05) is 19.4 Å². The number of carboxylic acids is 1. The number of rotatable bonds is 4. The fourth-order valence-corrected chi connectivity index (χ4v) is 2.81. The minimum atomic E-state index is -0.989. The van der Waals surface area contributed by atoms with Crippen molar-refractivity contribution in [1.29, 1.82) is 0 Å². The highest BCUT2D eigenvalue weighted by Crippen LogP contribution is 2.29. The number of carbonyl (C=O) groups excluding carboxylic acids is 1. The molecule has 92 valence electrons. The number of aliphatic carboxylic acids is 1. The number of carboxylic acid groups (broad SMARTS) is 1. The number of nitrogens with two attached hydrogens (primary N) is 1. The number of hydrogen-bond acceptors (Lipinski definition) is 5. The van der Waals surface area contributed by atoms with Crippen molar-refractivity contribution < 1.29 is 19.4 Å². The van der Waals surface area contributed by atoms with Crippen LogP contribution in [0, 0.1) is 0 Å². The van der Waals surface area contributed by atoms with Crippen molar-refractivity contribution in [2.24, 2.45) is 5.73 Å². The standard InChI is InChI=1S/C9H16N2O4S/c1-5-11(6(4-16-5)9(13)14)8(12)7(3-10)15-2/h5-7H,3-4,10H2,1-2H3,(H,13,14). The summed E-state index contributed by atoms with van der Waals surface area (Å²) < 4.78 is 4.93. The normalized spacial score (nSPS) is 26.8. The lowest BCUT2D eigenvalue weighted by Crippen LogP contribution is -2.51. The zero-order chi connectivity index (χ0) is 12.3. The third kappa shape index (κ3) is 2.47. The van der Waals surface area contributed by atoms with Crippen molar-refractivity contribution in [1.82, 2.24) is 4.90 Å². The molecule has 1 amide bonds. The van der Waals surface area contributed by atoms with Gasteiger partial charge in [-0.05, 0) is 6.92 Å². The molecule has 3 atom stereocenters. The number of thioether (sulfide) groups is 1. The van der Waals surface area contributed by atoms with E-state index in [0.717, 1.165) is 0 Å². The van der Waals surface area contributed by atoms with Crippen molar-refractivity contribution in [3.63, 3.8) is 0 Å². The Labute approximate surface area is 98.1 Å². The molecule has 3 unspecified atom stereocenters. The number of carbonyl (C=O) groups is 2. The van der Waals surface area contributed by atoms with Crippen LogP contribution >= 0.6 is 11.8 Å². The number of nitrogens with zero attached hydrogens (tertiary/aromatic N) is 1. The molecule has 3 N–H and O–H groups in total. The number of amides is 1. The Balaban J connectivity index is 2.82. The van der Waals surface area contributed by atoms with Crippen LogP contribution in [0.1, 0.15) is 6.92 Å². The minimum absolute atomic E-state index is 0.0511. The maximum Gasteiger partial charge on any atom is 0.327 e. The summed E-state index contributed by atoms with van der Waals surface area (Å²) in [5, 5.41) is 8.84. The van der Waals surface area contributed by atoms with Gasteiger partial charge in [0.2, 0.25) is 0 Å². The van der Waals surface area contributed by atoms with Gasteiger partial charge in [-0.15, -0.1) is 11.8 Å². The van der Waals surface area contributed by atoms with E-state index in [1.54, 1.807) is 6.92 Å². The summed E-state index contributed by atoms with van der Waals surface area (Å²) in [5.41, 5.74) is 5.39. The second kappa shape index (κ2) is 5.51. The van der Waals surface area contributed by atoms with E-state index >= 15 is 0 Å². The molecule has 0 aromatic rings. The molecule has 0 bridgehead atoms. The smallest absolute Gasteiger partial charge is 0.327 e. The summed E-state index contributed by atoms with van der Waals surface area (Å²) >= 11 is 1.44.